The van der Waals surface area contributed by atoms with E-state index >= 15 is 0 Å². The summed E-state index contributed by atoms with van der Waals surface area (Å²) in [4.78, 5) is 16.9. The number of ether oxygens (including phenoxy) is 1. The van der Waals surface area contributed by atoms with Gasteiger partial charge in [-0.3, -0.25) is 0 Å². The lowest BCUT2D eigenvalue weighted by atomic mass is 10.0. The molecule has 1 fully saturated rings. The molecule has 0 aliphatic carbocycles. The minimum Gasteiger partial charge on any atom is -0.497 e. The molecule has 2 amide bonds. The molecule has 0 radical (unpaired) electrons. The van der Waals surface area contributed by atoms with Gasteiger partial charge in [-0.2, -0.15) is 0 Å². The molecule has 3 aromatic carbocycles. The lowest BCUT2D eigenvalue weighted by Gasteiger charge is -2.40. The van der Waals surface area contributed by atoms with Gasteiger partial charge >= 0.3 is 6.03 Å². The summed E-state index contributed by atoms with van der Waals surface area (Å²) < 4.78 is 18.6. The van der Waals surface area contributed by atoms with Gasteiger partial charge in [0.2, 0.25) is 0 Å². The molecule has 186 valence electrons. The number of hydrogen-bond donors (Lipinski definition) is 1. The number of methoxy groups -OCH3 is 1. The number of piperazine rings is 1. The van der Waals surface area contributed by atoms with Crippen LogP contribution in [-0.2, 0) is 0 Å². The van der Waals surface area contributed by atoms with E-state index < -0.39 is 0 Å². The highest BCUT2D eigenvalue weighted by Crippen LogP contribution is 2.33. The number of amides is 2. The average Bonchev–Trinajstić information content (AvgIpc) is 2.89. The van der Waals surface area contributed by atoms with Crippen LogP contribution in [0.5, 0.6) is 5.75 Å². The van der Waals surface area contributed by atoms with E-state index in [0.717, 1.165) is 39.3 Å². The molecule has 5 rings (SSSR count). The molecule has 2 heterocycles. The van der Waals surface area contributed by atoms with Crippen molar-refractivity contribution in [3.05, 3.63) is 78.6 Å². The van der Waals surface area contributed by atoms with Gasteiger partial charge in [-0.25, -0.2) is 9.18 Å². The molecule has 0 saturated carbocycles. The van der Waals surface area contributed by atoms with E-state index in [1.165, 1.54) is 12.1 Å². The van der Waals surface area contributed by atoms with Gasteiger partial charge in [-0.05, 0) is 55.5 Å². The minimum absolute atomic E-state index is 0. The van der Waals surface area contributed by atoms with Gasteiger partial charge < -0.3 is 19.9 Å². The Morgan fingerprint density at radius 1 is 0.972 bits per heavy atom. The number of benzene rings is 3. The summed E-state index contributed by atoms with van der Waals surface area (Å²) in [6.45, 7) is 3.82. The topological polar surface area (TPSA) is 70.6 Å². The van der Waals surface area contributed by atoms with Gasteiger partial charge in [0.15, 0.2) is 5.82 Å². The molecule has 7 nitrogen and oxygen atoms in total. The van der Waals surface area contributed by atoms with Crippen molar-refractivity contribution in [1.82, 2.24) is 15.1 Å². The fourth-order valence-electron chi connectivity index (χ4n) is 4.46. The van der Waals surface area contributed by atoms with Crippen molar-refractivity contribution in [2.24, 2.45) is 0 Å². The maximum atomic E-state index is 13.4. The van der Waals surface area contributed by atoms with Crippen molar-refractivity contribution >= 4 is 40.7 Å². The van der Waals surface area contributed by atoms with Gasteiger partial charge in [-0.1, -0.05) is 24.3 Å². The largest absolute Gasteiger partial charge is 0.497 e. The van der Waals surface area contributed by atoms with Crippen LogP contribution in [0.25, 0.3) is 22.0 Å². The lowest BCUT2D eigenvalue weighted by molar-refractivity contribution is 0.200. The maximum absolute atomic E-state index is 13.4. The fraction of sp³-hybridized carbons (Fsp3) is 0.222. The number of carbonyl (C=O) groups is 1. The van der Waals surface area contributed by atoms with Crippen LogP contribution >= 0.6 is 12.4 Å². The first-order chi connectivity index (χ1) is 17.0. The molecule has 1 aliphatic heterocycles. The molecule has 1 N–H and O–H groups in total. The molecular weight excluding hydrogens is 481 g/mol. The minimum atomic E-state index is -0.287. The van der Waals surface area contributed by atoms with E-state index in [0.29, 0.717) is 19.6 Å². The number of halogens is 2. The van der Waals surface area contributed by atoms with Gasteiger partial charge in [0.25, 0.3) is 0 Å². The fourth-order valence-corrected chi connectivity index (χ4v) is 4.46. The number of urea groups is 1. The van der Waals surface area contributed by atoms with E-state index in [1.54, 1.807) is 19.2 Å². The Bertz CT molecular complexity index is 1350. The SMILES string of the molecule is COc1ccc(NC(=O)N2CCN(c3nnc(-c4ccc(F)cc4)c4ccccc34)[C@@H](C)C2)cc1.Cl. The lowest BCUT2D eigenvalue weighted by Crippen LogP contribution is -2.55. The van der Waals surface area contributed by atoms with E-state index in [4.69, 9.17) is 4.74 Å². The van der Waals surface area contributed by atoms with Crippen LogP contribution in [0.15, 0.2) is 72.8 Å². The van der Waals surface area contributed by atoms with Crippen LogP contribution in [0.1, 0.15) is 6.92 Å². The van der Waals surface area contributed by atoms with E-state index in [9.17, 15) is 9.18 Å². The summed E-state index contributed by atoms with van der Waals surface area (Å²) in [5.74, 6) is 1.24. The van der Waals surface area contributed by atoms with Crippen molar-refractivity contribution in [1.29, 1.82) is 0 Å². The first-order valence-corrected chi connectivity index (χ1v) is 11.5. The van der Waals surface area contributed by atoms with Gasteiger partial charge in [-0.15, -0.1) is 22.6 Å². The highest BCUT2D eigenvalue weighted by molar-refractivity contribution is 6.00. The van der Waals surface area contributed by atoms with Crippen molar-refractivity contribution < 1.29 is 13.9 Å². The van der Waals surface area contributed by atoms with Crippen LogP contribution in [0.3, 0.4) is 0 Å². The smallest absolute Gasteiger partial charge is 0.321 e. The second-order valence-electron chi connectivity index (χ2n) is 8.57. The monoisotopic (exact) mass is 507 g/mol. The molecule has 0 bridgehead atoms. The molecule has 1 saturated heterocycles. The number of aromatic nitrogens is 2. The zero-order chi connectivity index (χ0) is 24.4. The quantitative estimate of drug-likeness (QED) is 0.389. The molecule has 0 spiro atoms. The summed E-state index contributed by atoms with van der Waals surface area (Å²) in [7, 11) is 1.61. The van der Waals surface area contributed by atoms with E-state index in [-0.39, 0.29) is 30.3 Å². The van der Waals surface area contributed by atoms with Crippen LogP contribution < -0.4 is 15.0 Å². The van der Waals surface area contributed by atoms with Gasteiger partial charge in [0, 0.05) is 47.7 Å². The van der Waals surface area contributed by atoms with Crippen molar-refractivity contribution in [3.63, 3.8) is 0 Å². The maximum Gasteiger partial charge on any atom is 0.321 e. The van der Waals surface area contributed by atoms with E-state index in [1.807, 2.05) is 53.4 Å². The standard InChI is InChI=1S/C27H26FN5O2.ClH/c1-18-17-32(27(34)29-21-11-13-22(35-2)14-12-21)15-16-33(18)26-24-6-4-3-5-23(24)25(30-31-26)19-7-9-20(28)10-8-19;/h3-14,18H,15-17H2,1-2H3,(H,29,34);1H/t18-;/m0./s1. The van der Waals surface area contributed by atoms with Gasteiger partial charge in [0.1, 0.15) is 17.3 Å². The third-order valence-corrected chi connectivity index (χ3v) is 6.31. The Hall–Kier alpha value is -3.91. The molecule has 9 heteroatoms. The van der Waals surface area contributed by atoms with Crippen molar-refractivity contribution in [2.45, 2.75) is 13.0 Å². The second-order valence-corrected chi connectivity index (χ2v) is 8.57. The highest BCUT2D eigenvalue weighted by atomic mass is 35.5. The van der Waals surface area contributed by atoms with Crippen LogP contribution in [0.2, 0.25) is 0 Å². The Kier molecular flexibility index (Phi) is 7.55. The Balaban J connectivity index is 0.00000304. The number of carbonyl (C=O) groups excluding carboxylic acids is 1. The predicted octanol–water partition coefficient (Wildman–Crippen LogP) is 5.61. The van der Waals surface area contributed by atoms with Crippen molar-refractivity contribution in [2.75, 3.05) is 37.0 Å². The summed E-state index contributed by atoms with van der Waals surface area (Å²) in [6, 6.07) is 21.4. The molecule has 1 aliphatic rings. The second kappa shape index (κ2) is 10.8. The molecule has 0 unspecified atom stereocenters. The number of hydrogen-bond acceptors (Lipinski definition) is 5. The van der Waals surface area contributed by atoms with Crippen molar-refractivity contribution in [3.8, 4) is 17.0 Å². The summed E-state index contributed by atoms with van der Waals surface area (Å²) in [5.41, 5.74) is 2.25. The van der Waals surface area contributed by atoms with Gasteiger partial charge in [0.05, 0.1) is 7.11 Å². The molecular formula is C27H27ClFN5O2. The number of anilines is 2. The third-order valence-electron chi connectivity index (χ3n) is 6.31. The van der Waals surface area contributed by atoms with Crippen LogP contribution in [-0.4, -0.2) is 53.9 Å². The number of nitrogens with one attached hydrogen (secondary N) is 1. The highest BCUT2D eigenvalue weighted by Gasteiger charge is 2.29. The Morgan fingerprint density at radius 3 is 2.33 bits per heavy atom. The van der Waals surface area contributed by atoms with Crippen LogP contribution in [0.4, 0.5) is 20.7 Å². The predicted molar refractivity (Wildman–Crippen MR) is 143 cm³/mol. The number of fused-ring (bicyclic) bond motifs is 1. The first kappa shape index (κ1) is 25.2. The number of nitrogens with zero attached hydrogens (tertiary/aromatic N) is 4. The molecule has 1 aromatic heterocycles. The zero-order valence-electron chi connectivity index (χ0n) is 20.0. The normalized spacial score (nSPS) is 15.4. The molecule has 4 aromatic rings. The summed E-state index contributed by atoms with van der Waals surface area (Å²) >= 11 is 0. The average molecular weight is 508 g/mol. The number of rotatable bonds is 4. The van der Waals surface area contributed by atoms with E-state index in [2.05, 4.69) is 27.3 Å². The summed E-state index contributed by atoms with van der Waals surface area (Å²) in [5, 5.41) is 14.0. The molecule has 36 heavy (non-hydrogen) atoms. The Morgan fingerprint density at radius 2 is 1.67 bits per heavy atom. The zero-order valence-corrected chi connectivity index (χ0v) is 20.8. The third kappa shape index (κ3) is 5.04. The first-order valence-electron chi connectivity index (χ1n) is 11.5. The summed E-state index contributed by atoms with van der Waals surface area (Å²) in [6.07, 6.45) is 0. The Labute approximate surface area is 215 Å². The van der Waals surface area contributed by atoms with Crippen LogP contribution in [0, 0.1) is 5.82 Å². The molecule has 1 atom stereocenters.